The van der Waals surface area contributed by atoms with Crippen LogP contribution in [0.15, 0.2) is 48.5 Å². The van der Waals surface area contributed by atoms with Gasteiger partial charge in [-0.15, -0.1) is 0 Å². The molecule has 1 aromatic heterocycles. The first kappa shape index (κ1) is 19.4. The van der Waals surface area contributed by atoms with E-state index in [4.69, 9.17) is 9.47 Å². The van der Waals surface area contributed by atoms with E-state index in [1.807, 2.05) is 37.3 Å². The first-order valence-corrected chi connectivity index (χ1v) is 8.91. The maximum Gasteiger partial charge on any atom is 0.340 e. The van der Waals surface area contributed by atoms with Crippen molar-refractivity contribution in [2.45, 2.75) is 26.9 Å². The van der Waals surface area contributed by atoms with Gasteiger partial charge in [-0.3, -0.25) is 9.78 Å². The molecule has 28 heavy (non-hydrogen) atoms. The molecule has 1 heterocycles. The van der Waals surface area contributed by atoms with Gasteiger partial charge >= 0.3 is 5.97 Å². The molecule has 0 aliphatic heterocycles. The molecule has 0 fully saturated rings. The highest BCUT2D eigenvalue weighted by Crippen LogP contribution is 2.22. The Kier molecular flexibility index (Phi) is 5.59. The fourth-order valence-electron chi connectivity index (χ4n) is 2.83. The van der Waals surface area contributed by atoms with Gasteiger partial charge < -0.3 is 14.8 Å². The number of methoxy groups -OCH3 is 1. The zero-order chi connectivity index (χ0) is 20.3. The van der Waals surface area contributed by atoms with Crippen LogP contribution in [-0.4, -0.2) is 30.1 Å². The summed E-state index contributed by atoms with van der Waals surface area (Å²) >= 11 is 0. The minimum Gasteiger partial charge on any atom is -0.497 e. The maximum absolute atomic E-state index is 12.6. The molecule has 1 unspecified atom stereocenters. The fraction of sp³-hybridized carbons (Fsp3) is 0.227. The molecule has 0 bridgehead atoms. The molecule has 144 valence electrons. The van der Waals surface area contributed by atoms with Crippen molar-refractivity contribution in [1.29, 1.82) is 0 Å². The molecule has 3 aromatic rings. The highest BCUT2D eigenvalue weighted by atomic mass is 16.5. The van der Waals surface area contributed by atoms with Gasteiger partial charge in [-0.2, -0.15) is 0 Å². The lowest BCUT2D eigenvalue weighted by Gasteiger charge is -2.15. The van der Waals surface area contributed by atoms with E-state index in [1.165, 1.54) is 6.92 Å². The molecule has 1 N–H and O–H groups in total. The zero-order valence-corrected chi connectivity index (χ0v) is 16.3. The summed E-state index contributed by atoms with van der Waals surface area (Å²) < 4.78 is 10.6. The summed E-state index contributed by atoms with van der Waals surface area (Å²) in [6, 6.07) is 14.5. The van der Waals surface area contributed by atoms with Crippen LogP contribution in [0.3, 0.4) is 0 Å². The first-order chi connectivity index (χ1) is 13.4. The number of benzene rings is 2. The van der Waals surface area contributed by atoms with Crippen molar-refractivity contribution < 1.29 is 19.1 Å². The largest absolute Gasteiger partial charge is 0.497 e. The van der Waals surface area contributed by atoms with Crippen molar-refractivity contribution in [3.8, 4) is 5.75 Å². The minimum atomic E-state index is -0.951. The average molecular weight is 378 g/mol. The molecule has 3 rings (SSSR count). The van der Waals surface area contributed by atoms with Crippen LogP contribution in [0.2, 0.25) is 0 Å². The van der Waals surface area contributed by atoms with Crippen molar-refractivity contribution in [2.75, 3.05) is 12.4 Å². The number of hydrogen-bond acceptors (Lipinski definition) is 5. The Balaban J connectivity index is 1.76. The molecule has 2 aromatic carbocycles. The van der Waals surface area contributed by atoms with Crippen molar-refractivity contribution in [2.24, 2.45) is 0 Å². The Morgan fingerprint density at radius 2 is 1.86 bits per heavy atom. The molecule has 1 amide bonds. The standard InChI is InChI=1S/C22H22N2O4/c1-13-6-5-7-17(10-13)24-21(25)15(3)28-22(26)19-12-16-11-18(27-4)8-9-20(16)23-14(19)2/h5-12,15H,1-4H3,(H,24,25). The molecule has 6 heteroatoms. The van der Waals surface area contributed by atoms with Gasteiger partial charge in [-0.05, 0) is 62.7 Å². The summed E-state index contributed by atoms with van der Waals surface area (Å²) in [6.45, 7) is 5.21. The number of aromatic nitrogens is 1. The van der Waals surface area contributed by atoms with Crippen molar-refractivity contribution in [3.63, 3.8) is 0 Å². The summed E-state index contributed by atoms with van der Waals surface area (Å²) in [5.41, 5.74) is 3.28. The number of nitrogens with one attached hydrogen (secondary N) is 1. The van der Waals surface area contributed by atoms with Crippen molar-refractivity contribution in [3.05, 3.63) is 65.4 Å². The van der Waals surface area contributed by atoms with Crippen LogP contribution in [0.5, 0.6) is 5.75 Å². The number of aryl methyl sites for hydroxylation is 2. The first-order valence-electron chi connectivity index (χ1n) is 8.91. The summed E-state index contributed by atoms with van der Waals surface area (Å²) in [5, 5.41) is 3.51. The van der Waals surface area contributed by atoms with Crippen LogP contribution in [0.25, 0.3) is 10.9 Å². The maximum atomic E-state index is 12.6. The van der Waals surface area contributed by atoms with Gasteiger partial charge in [0.25, 0.3) is 5.91 Å². The number of anilines is 1. The molecule has 0 saturated carbocycles. The predicted octanol–water partition coefficient (Wildman–Crippen LogP) is 4.04. The number of esters is 1. The van der Waals surface area contributed by atoms with E-state index < -0.39 is 18.0 Å². The van der Waals surface area contributed by atoms with Crippen molar-refractivity contribution in [1.82, 2.24) is 4.98 Å². The van der Waals surface area contributed by atoms with Gasteiger partial charge in [-0.25, -0.2) is 4.79 Å². The number of pyridine rings is 1. The normalized spacial score (nSPS) is 11.7. The highest BCUT2D eigenvalue weighted by molar-refractivity contribution is 5.99. The molecule has 0 saturated heterocycles. The second kappa shape index (κ2) is 8.08. The van der Waals surface area contributed by atoms with Crippen LogP contribution in [0.1, 0.15) is 28.5 Å². The molecule has 0 aliphatic rings. The van der Waals surface area contributed by atoms with Crippen LogP contribution < -0.4 is 10.1 Å². The van der Waals surface area contributed by atoms with Gasteiger partial charge in [0.15, 0.2) is 6.10 Å². The smallest absolute Gasteiger partial charge is 0.340 e. The number of hydrogen-bond donors (Lipinski definition) is 1. The lowest BCUT2D eigenvalue weighted by atomic mass is 10.1. The third-order valence-corrected chi connectivity index (χ3v) is 4.37. The van der Waals surface area contributed by atoms with Crippen molar-refractivity contribution >= 4 is 28.5 Å². The molecule has 0 aliphatic carbocycles. The fourth-order valence-corrected chi connectivity index (χ4v) is 2.83. The SMILES string of the molecule is COc1ccc2nc(C)c(C(=O)OC(C)C(=O)Nc3cccc(C)c3)cc2c1. The van der Waals surface area contributed by atoms with Gasteiger partial charge in [0.2, 0.25) is 0 Å². The number of rotatable bonds is 5. The lowest BCUT2D eigenvalue weighted by Crippen LogP contribution is -2.30. The van der Waals surface area contributed by atoms with Crippen LogP contribution in [0.4, 0.5) is 5.69 Å². The number of carbonyl (C=O) groups is 2. The van der Waals surface area contributed by atoms with E-state index in [0.29, 0.717) is 22.7 Å². The minimum absolute atomic E-state index is 0.316. The number of fused-ring (bicyclic) bond motifs is 1. The summed E-state index contributed by atoms with van der Waals surface area (Å²) in [5.74, 6) is -0.322. The summed E-state index contributed by atoms with van der Waals surface area (Å²) in [7, 11) is 1.58. The van der Waals surface area contributed by atoms with Crippen LogP contribution in [0, 0.1) is 13.8 Å². The van der Waals surface area contributed by atoms with Crippen LogP contribution in [-0.2, 0) is 9.53 Å². The second-order valence-corrected chi connectivity index (χ2v) is 6.59. The molecule has 0 spiro atoms. The second-order valence-electron chi connectivity index (χ2n) is 6.59. The van der Waals surface area contributed by atoms with Gasteiger partial charge in [-0.1, -0.05) is 12.1 Å². The third kappa shape index (κ3) is 4.28. The number of nitrogens with zero attached hydrogens (tertiary/aromatic N) is 1. The van der Waals surface area contributed by atoms with E-state index in [9.17, 15) is 9.59 Å². The Morgan fingerprint density at radius 1 is 1.07 bits per heavy atom. The number of ether oxygens (including phenoxy) is 2. The number of carbonyl (C=O) groups excluding carboxylic acids is 2. The Hall–Kier alpha value is -3.41. The number of amides is 1. The molecule has 1 atom stereocenters. The summed E-state index contributed by atoms with van der Waals surface area (Å²) in [6.07, 6.45) is -0.951. The van der Waals surface area contributed by atoms with E-state index in [1.54, 1.807) is 32.2 Å². The highest BCUT2D eigenvalue weighted by Gasteiger charge is 2.21. The Bertz CT molecular complexity index is 1050. The molecule has 6 nitrogen and oxygen atoms in total. The zero-order valence-electron chi connectivity index (χ0n) is 16.3. The summed E-state index contributed by atoms with van der Waals surface area (Å²) in [4.78, 5) is 29.4. The lowest BCUT2D eigenvalue weighted by molar-refractivity contribution is -0.123. The monoisotopic (exact) mass is 378 g/mol. The average Bonchev–Trinajstić information content (AvgIpc) is 2.66. The van der Waals surface area contributed by atoms with Gasteiger partial charge in [0.1, 0.15) is 5.75 Å². The molecule has 0 radical (unpaired) electrons. The quantitative estimate of drug-likeness (QED) is 0.678. The van der Waals surface area contributed by atoms with Gasteiger partial charge in [0.05, 0.1) is 23.9 Å². The predicted molar refractivity (Wildman–Crippen MR) is 108 cm³/mol. The van der Waals surface area contributed by atoms with Gasteiger partial charge in [0, 0.05) is 11.1 Å². The van der Waals surface area contributed by atoms with Crippen LogP contribution >= 0.6 is 0 Å². The molecular formula is C22H22N2O4. The van der Waals surface area contributed by atoms with E-state index in [-0.39, 0.29) is 0 Å². The van der Waals surface area contributed by atoms with E-state index in [2.05, 4.69) is 10.3 Å². The van der Waals surface area contributed by atoms with E-state index in [0.717, 1.165) is 16.5 Å². The third-order valence-electron chi connectivity index (χ3n) is 4.37. The Morgan fingerprint density at radius 3 is 2.57 bits per heavy atom. The van der Waals surface area contributed by atoms with E-state index >= 15 is 0 Å². The molecular weight excluding hydrogens is 356 g/mol. The Labute approximate surface area is 163 Å². The topological polar surface area (TPSA) is 77.5 Å².